The fourth-order valence-corrected chi connectivity index (χ4v) is 5.52. The van der Waals surface area contributed by atoms with E-state index in [4.69, 9.17) is 0 Å². The van der Waals surface area contributed by atoms with E-state index < -0.39 is 15.9 Å². The molecule has 0 atom stereocenters. The quantitative estimate of drug-likeness (QED) is 0.736. The Bertz CT molecular complexity index is 895. The van der Waals surface area contributed by atoms with Crippen molar-refractivity contribution in [2.24, 2.45) is 0 Å². The summed E-state index contributed by atoms with van der Waals surface area (Å²) in [5.74, 6) is -0.613. The summed E-state index contributed by atoms with van der Waals surface area (Å²) >= 11 is 4.56. The molecule has 0 saturated heterocycles. The number of benzene rings is 1. The minimum Gasteiger partial charge on any atom is -0.267 e. The molecule has 7 heteroatoms. The van der Waals surface area contributed by atoms with Crippen LogP contribution in [0.3, 0.4) is 0 Å². The van der Waals surface area contributed by atoms with E-state index in [9.17, 15) is 13.2 Å². The second kappa shape index (κ2) is 6.85. The van der Waals surface area contributed by atoms with Gasteiger partial charge in [-0.1, -0.05) is 32.9 Å². The summed E-state index contributed by atoms with van der Waals surface area (Å²) in [6.45, 7) is 11.6. The molecule has 0 bridgehead atoms. The Hall–Kier alpha value is -1.18. The summed E-state index contributed by atoms with van der Waals surface area (Å²) < 4.78 is 28.6. The highest BCUT2D eigenvalue weighted by atomic mass is 79.9. The fraction of sp³-hybridized carbons (Fsp3) is 0.389. The van der Waals surface area contributed by atoms with Gasteiger partial charge in [-0.3, -0.25) is 4.79 Å². The Labute approximate surface area is 161 Å². The Kier molecular flexibility index (Phi) is 5.52. The van der Waals surface area contributed by atoms with Gasteiger partial charge < -0.3 is 0 Å². The maximum Gasteiger partial charge on any atom is 0.275 e. The molecule has 0 spiro atoms. The van der Waals surface area contributed by atoms with Crippen molar-refractivity contribution >= 4 is 43.2 Å². The van der Waals surface area contributed by atoms with E-state index in [1.807, 2.05) is 19.1 Å². The van der Waals surface area contributed by atoms with Crippen LogP contribution in [0, 0.1) is 20.8 Å². The average Bonchev–Trinajstić information content (AvgIpc) is 2.76. The molecule has 4 nitrogen and oxygen atoms in total. The summed E-state index contributed by atoms with van der Waals surface area (Å²) in [6, 6.07) is 5.41. The van der Waals surface area contributed by atoms with Crippen LogP contribution >= 0.6 is 27.3 Å². The van der Waals surface area contributed by atoms with Crippen LogP contribution in [-0.4, -0.2) is 14.3 Å². The second-order valence-electron chi connectivity index (χ2n) is 7.19. The molecule has 25 heavy (non-hydrogen) atoms. The number of hydrogen-bond acceptors (Lipinski definition) is 4. The van der Waals surface area contributed by atoms with E-state index in [1.54, 1.807) is 19.9 Å². The van der Waals surface area contributed by atoms with Crippen LogP contribution in [0.2, 0.25) is 0 Å². The van der Waals surface area contributed by atoms with Crippen molar-refractivity contribution < 1.29 is 13.2 Å². The topological polar surface area (TPSA) is 63.2 Å². The van der Waals surface area contributed by atoms with Gasteiger partial charge in [0.25, 0.3) is 15.9 Å². The lowest BCUT2D eigenvalue weighted by Crippen LogP contribution is -2.31. The first-order valence-corrected chi connectivity index (χ1v) is 10.9. The van der Waals surface area contributed by atoms with E-state index in [0.29, 0.717) is 16.0 Å². The Morgan fingerprint density at radius 2 is 1.56 bits per heavy atom. The monoisotopic (exact) mass is 443 g/mol. The highest BCUT2D eigenvalue weighted by molar-refractivity contribution is 9.11. The Balaban J connectivity index is 2.41. The molecule has 0 aliphatic rings. The van der Waals surface area contributed by atoms with Crippen LogP contribution in [0.5, 0.6) is 0 Å². The number of hydrogen-bond donors (Lipinski definition) is 1. The standard InChI is InChI=1S/C18H22BrNO3S2/c1-10-7-13(18(4,5)6)8-11(2)15(10)25(22,23)20-17(21)14-9-12(3)16(19)24-14/h7-9H,1-6H3,(H,20,21). The molecule has 0 unspecified atom stereocenters. The van der Waals surface area contributed by atoms with Crippen LogP contribution < -0.4 is 4.72 Å². The number of carbonyl (C=O) groups excluding carboxylic acids is 1. The molecular formula is C18H22BrNO3S2. The van der Waals surface area contributed by atoms with Crippen LogP contribution in [-0.2, 0) is 15.4 Å². The molecule has 136 valence electrons. The number of aryl methyl sites for hydroxylation is 3. The number of sulfonamides is 1. The lowest BCUT2D eigenvalue weighted by Gasteiger charge is -2.22. The molecule has 1 amide bonds. The number of halogens is 1. The van der Waals surface area contributed by atoms with Crippen molar-refractivity contribution in [2.75, 3.05) is 0 Å². The number of nitrogens with one attached hydrogen (secondary N) is 1. The van der Waals surface area contributed by atoms with Crippen molar-refractivity contribution in [3.05, 3.63) is 49.1 Å². The molecule has 0 aliphatic heterocycles. The molecule has 0 aliphatic carbocycles. The third-order valence-electron chi connectivity index (χ3n) is 3.90. The van der Waals surface area contributed by atoms with E-state index in [1.165, 1.54) is 11.3 Å². The van der Waals surface area contributed by atoms with Gasteiger partial charge in [-0.25, -0.2) is 13.1 Å². The lowest BCUT2D eigenvalue weighted by molar-refractivity contribution is 0.0985. The highest BCUT2D eigenvalue weighted by Gasteiger charge is 2.26. The molecule has 2 rings (SSSR count). The first kappa shape index (κ1) is 20.1. The molecule has 0 radical (unpaired) electrons. The van der Waals surface area contributed by atoms with Gasteiger partial charge in [-0.15, -0.1) is 11.3 Å². The molecular weight excluding hydrogens is 422 g/mol. The van der Waals surface area contributed by atoms with Gasteiger partial charge in [-0.2, -0.15) is 0 Å². The zero-order chi connectivity index (χ0) is 19.2. The number of amides is 1. The number of rotatable bonds is 3. The minimum atomic E-state index is -3.94. The fourth-order valence-electron chi connectivity index (χ4n) is 2.60. The number of carbonyl (C=O) groups is 1. The normalized spacial score (nSPS) is 12.3. The lowest BCUT2D eigenvalue weighted by atomic mass is 9.85. The smallest absolute Gasteiger partial charge is 0.267 e. The maximum atomic E-state index is 12.8. The zero-order valence-corrected chi connectivity index (χ0v) is 18.4. The number of thiophene rings is 1. The molecule has 1 aromatic carbocycles. The molecule has 0 fully saturated rings. The molecule has 2 aromatic rings. The van der Waals surface area contributed by atoms with Crippen LogP contribution in [0.25, 0.3) is 0 Å². The highest BCUT2D eigenvalue weighted by Crippen LogP contribution is 2.30. The van der Waals surface area contributed by atoms with Crippen molar-refractivity contribution in [3.63, 3.8) is 0 Å². The Morgan fingerprint density at radius 3 is 1.96 bits per heavy atom. The Morgan fingerprint density at radius 1 is 1.04 bits per heavy atom. The summed E-state index contributed by atoms with van der Waals surface area (Å²) in [7, 11) is -3.94. The van der Waals surface area contributed by atoms with E-state index in [-0.39, 0.29) is 10.3 Å². The SMILES string of the molecule is Cc1cc(C(=O)NS(=O)(=O)c2c(C)cc(C(C)(C)C)cc2C)sc1Br. The predicted molar refractivity (Wildman–Crippen MR) is 106 cm³/mol. The average molecular weight is 444 g/mol. The van der Waals surface area contributed by atoms with Gasteiger partial charge in [0.05, 0.1) is 13.6 Å². The van der Waals surface area contributed by atoms with Crippen LogP contribution in [0.15, 0.2) is 26.9 Å². The van der Waals surface area contributed by atoms with E-state index >= 15 is 0 Å². The van der Waals surface area contributed by atoms with Gasteiger partial charge >= 0.3 is 0 Å². The van der Waals surface area contributed by atoms with Gasteiger partial charge in [-0.05, 0) is 70.4 Å². The van der Waals surface area contributed by atoms with Crippen molar-refractivity contribution in [3.8, 4) is 0 Å². The maximum absolute atomic E-state index is 12.8. The van der Waals surface area contributed by atoms with Gasteiger partial charge in [0, 0.05) is 0 Å². The van der Waals surface area contributed by atoms with Crippen molar-refractivity contribution in [2.45, 2.75) is 51.9 Å². The summed E-state index contributed by atoms with van der Waals surface area (Å²) in [5.41, 5.74) is 3.14. The van der Waals surface area contributed by atoms with Crippen molar-refractivity contribution in [1.29, 1.82) is 0 Å². The largest absolute Gasteiger partial charge is 0.275 e. The molecule has 1 aromatic heterocycles. The summed E-state index contributed by atoms with van der Waals surface area (Å²) in [5, 5.41) is 0. The van der Waals surface area contributed by atoms with E-state index in [2.05, 4.69) is 41.4 Å². The summed E-state index contributed by atoms with van der Waals surface area (Å²) in [4.78, 5) is 12.9. The third-order valence-corrected chi connectivity index (χ3v) is 7.67. The van der Waals surface area contributed by atoms with Gasteiger partial charge in [0.15, 0.2) is 0 Å². The van der Waals surface area contributed by atoms with E-state index in [0.717, 1.165) is 14.9 Å². The van der Waals surface area contributed by atoms with Gasteiger partial charge in [0.2, 0.25) is 0 Å². The first-order chi connectivity index (χ1) is 11.3. The van der Waals surface area contributed by atoms with Gasteiger partial charge in [0.1, 0.15) is 0 Å². The molecule has 0 saturated carbocycles. The predicted octanol–water partition coefficient (Wildman–Crippen LogP) is 4.85. The minimum absolute atomic E-state index is 0.0815. The molecule has 1 N–H and O–H groups in total. The molecule has 1 heterocycles. The third kappa shape index (κ3) is 4.33. The second-order valence-corrected chi connectivity index (χ2v) is 11.2. The van der Waals surface area contributed by atoms with Crippen LogP contribution in [0.4, 0.5) is 0 Å². The van der Waals surface area contributed by atoms with Crippen molar-refractivity contribution in [1.82, 2.24) is 4.72 Å². The zero-order valence-electron chi connectivity index (χ0n) is 15.2. The summed E-state index contributed by atoms with van der Waals surface area (Å²) in [6.07, 6.45) is 0. The first-order valence-electron chi connectivity index (χ1n) is 7.77. The van der Waals surface area contributed by atoms with Crippen LogP contribution in [0.1, 0.15) is 52.7 Å².